The molecule has 1 saturated heterocycles. The summed E-state index contributed by atoms with van der Waals surface area (Å²) in [6.07, 6.45) is 0.675. The first-order chi connectivity index (χ1) is 7.86. The number of carboxylic acids is 1. The van der Waals surface area contributed by atoms with Gasteiger partial charge in [-0.25, -0.2) is 0 Å². The zero-order chi connectivity index (χ0) is 13.1. The Hall–Kier alpha value is -1.14. The first-order valence-corrected chi connectivity index (χ1v) is 5.64. The second kappa shape index (κ2) is 5.46. The number of carbonyl (C=O) groups excluding carboxylic acids is 1. The molecule has 0 saturated carbocycles. The van der Waals surface area contributed by atoms with E-state index in [1.54, 1.807) is 21.0 Å². The van der Waals surface area contributed by atoms with Crippen LogP contribution in [0.1, 0.15) is 20.3 Å². The summed E-state index contributed by atoms with van der Waals surface area (Å²) in [4.78, 5) is 22.6. The lowest BCUT2D eigenvalue weighted by Crippen LogP contribution is -2.45. The highest BCUT2D eigenvalue weighted by Gasteiger charge is 2.32. The molecule has 0 aliphatic carbocycles. The van der Waals surface area contributed by atoms with Gasteiger partial charge in [-0.1, -0.05) is 0 Å². The number of methoxy groups -OCH3 is 1. The zero-order valence-corrected chi connectivity index (χ0v) is 10.4. The molecule has 0 radical (unpaired) electrons. The molecular weight excluding hydrogens is 224 g/mol. The van der Waals surface area contributed by atoms with Crippen LogP contribution in [0.2, 0.25) is 0 Å². The maximum atomic E-state index is 11.8. The van der Waals surface area contributed by atoms with Crippen LogP contribution >= 0.6 is 0 Å². The van der Waals surface area contributed by atoms with E-state index in [0.29, 0.717) is 13.0 Å². The SMILES string of the molecule is COC1CNC(C(=O)NCC(C)(C)C(=O)O)C1. The monoisotopic (exact) mass is 244 g/mol. The molecule has 1 fully saturated rings. The third-order valence-corrected chi connectivity index (χ3v) is 3.02. The number of hydrogen-bond donors (Lipinski definition) is 3. The minimum atomic E-state index is -0.949. The van der Waals surface area contributed by atoms with Crippen LogP contribution in [0.5, 0.6) is 0 Å². The first kappa shape index (κ1) is 13.9. The highest BCUT2D eigenvalue weighted by atomic mass is 16.5. The lowest BCUT2D eigenvalue weighted by atomic mass is 9.94. The van der Waals surface area contributed by atoms with Crippen LogP contribution in [-0.4, -0.2) is 49.3 Å². The predicted molar refractivity (Wildman–Crippen MR) is 61.6 cm³/mol. The van der Waals surface area contributed by atoms with Gasteiger partial charge in [0.1, 0.15) is 0 Å². The molecular formula is C11H20N2O4. The molecule has 6 heteroatoms. The van der Waals surface area contributed by atoms with Crippen LogP contribution in [0.25, 0.3) is 0 Å². The van der Waals surface area contributed by atoms with Crippen molar-refractivity contribution in [3.8, 4) is 0 Å². The van der Waals surface area contributed by atoms with E-state index in [-0.39, 0.29) is 24.6 Å². The van der Waals surface area contributed by atoms with Crippen molar-refractivity contribution >= 4 is 11.9 Å². The summed E-state index contributed by atoms with van der Waals surface area (Å²) in [6.45, 7) is 3.93. The number of amides is 1. The average Bonchev–Trinajstić information content (AvgIpc) is 2.74. The lowest BCUT2D eigenvalue weighted by molar-refractivity contribution is -0.146. The van der Waals surface area contributed by atoms with E-state index in [9.17, 15) is 9.59 Å². The quantitative estimate of drug-likeness (QED) is 0.612. The molecule has 1 rings (SSSR count). The van der Waals surface area contributed by atoms with Crippen molar-refractivity contribution in [1.29, 1.82) is 0 Å². The van der Waals surface area contributed by atoms with Crippen molar-refractivity contribution < 1.29 is 19.4 Å². The van der Waals surface area contributed by atoms with Gasteiger partial charge >= 0.3 is 5.97 Å². The lowest BCUT2D eigenvalue weighted by Gasteiger charge is -2.20. The molecule has 1 amide bonds. The van der Waals surface area contributed by atoms with Crippen molar-refractivity contribution in [2.24, 2.45) is 5.41 Å². The molecule has 3 N–H and O–H groups in total. The molecule has 0 spiro atoms. The van der Waals surface area contributed by atoms with Crippen LogP contribution in [-0.2, 0) is 14.3 Å². The fourth-order valence-electron chi connectivity index (χ4n) is 1.59. The molecule has 0 aromatic rings. The number of ether oxygens (including phenoxy) is 1. The van der Waals surface area contributed by atoms with E-state index in [2.05, 4.69) is 10.6 Å². The Bertz CT molecular complexity index is 304. The fraction of sp³-hybridized carbons (Fsp3) is 0.818. The van der Waals surface area contributed by atoms with Gasteiger partial charge < -0.3 is 20.5 Å². The molecule has 1 aliphatic rings. The number of carboxylic acid groups (broad SMARTS) is 1. The Morgan fingerprint density at radius 2 is 2.18 bits per heavy atom. The second-order valence-corrected chi connectivity index (χ2v) is 4.96. The topological polar surface area (TPSA) is 87.7 Å². The van der Waals surface area contributed by atoms with Gasteiger partial charge in [-0.05, 0) is 20.3 Å². The van der Waals surface area contributed by atoms with E-state index >= 15 is 0 Å². The molecule has 2 atom stereocenters. The molecule has 2 unspecified atom stereocenters. The summed E-state index contributed by atoms with van der Waals surface area (Å²) in [7, 11) is 1.61. The Kier molecular flexibility index (Phi) is 4.47. The highest BCUT2D eigenvalue weighted by molar-refractivity contribution is 5.83. The van der Waals surface area contributed by atoms with Crippen LogP contribution in [0.4, 0.5) is 0 Å². The minimum Gasteiger partial charge on any atom is -0.481 e. The third kappa shape index (κ3) is 3.67. The smallest absolute Gasteiger partial charge is 0.310 e. The summed E-state index contributed by atoms with van der Waals surface area (Å²) >= 11 is 0. The van der Waals surface area contributed by atoms with Crippen LogP contribution in [0, 0.1) is 5.41 Å². The van der Waals surface area contributed by atoms with Gasteiger partial charge in [-0.2, -0.15) is 0 Å². The summed E-state index contributed by atoms with van der Waals surface area (Å²) < 4.78 is 5.14. The Labute approximate surface area is 101 Å². The summed E-state index contributed by atoms with van der Waals surface area (Å²) in [5.74, 6) is -1.09. The predicted octanol–water partition coefficient (Wildman–Crippen LogP) is -0.410. The molecule has 0 aromatic heterocycles. The Morgan fingerprint density at radius 1 is 1.53 bits per heavy atom. The van der Waals surface area contributed by atoms with E-state index in [1.165, 1.54) is 0 Å². The average molecular weight is 244 g/mol. The van der Waals surface area contributed by atoms with E-state index in [0.717, 1.165) is 0 Å². The second-order valence-electron chi connectivity index (χ2n) is 4.96. The number of hydrogen-bond acceptors (Lipinski definition) is 4. The van der Waals surface area contributed by atoms with Crippen LogP contribution < -0.4 is 10.6 Å². The zero-order valence-electron chi connectivity index (χ0n) is 10.4. The summed E-state index contributed by atoms with van der Waals surface area (Å²) in [6, 6.07) is -0.287. The number of nitrogens with one attached hydrogen (secondary N) is 2. The van der Waals surface area contributed by atoms with Gasteiger partial charge in [0.25, 0.3) is 0 Å². The normalized spacial score (nSPS) is 24.6. The van der Waals surface area contributed by atoms with Crippen molar-refractivity contribution in [3.05, 3.63) is 0 Å². The first-order valence-electron chi connectivity index (χ1n) is 5.64. The molecule has 98 valence electrons. The third-order valence-electron chi connectivity index (χ3n) is 3.02. The Balaban J connectivity index is 2.38. The van der Waals surface area contributed by atoms with E-state index in [4.69, 9.17) is 9.84 Å². The van der Waals surface area contributed by atoms with Gasteiger partial charge in [0.15, 0.2) is 0 Å². The van der Waals surface area contributed by atoms with E-state index in [1.807, 2.05) is 0 Å². The largest absolute Gasteiger partial charge is 0.481 e. The van der Waals surface area contributed by atoms with Crippen molar-refractivity contribution in [2.45, 2.75) is 32.4 Å². The summed E-state index contributed by atoms with van der Waals surface area (Å²) in [5.41, 5.74) is -0.949. The number of rotatable bonds is 5. The molecule has 6 nitrogen and oxygen atoms in total. The van der Waals surface area contributed by atoms with Crippen LogP contribution in [0.3, 0.4) is 0 Å². The molecule has 1 aliphatic heterocycles. The molecule has 0 aromatic carbocycles. The van der Waals surface area contributed by atoms with Crippen LogP contribution in [0.15, 0.2) is 0 Å². The molecule has 17 heavy (non-hydrogen) atoms. The van der Waals surface area contributed by atoms with Gasteiger partial charge in [-0.3, -0.25) is 9.59 Å². The highest BCUT2D eigenvalue weighted by Crippen LogP contribution is 2.14. The van der Waals surface area contributed by atoms with E-state index < -0.39 is 11.4 Å². The van der Waals surface area contributed by atoms with Crippen molar-refractivity contribution in [3.63, 3.8) is 0 Å². The maximum absolute atomic E-state index is 11.8. The molecule has 0 bridgehead atoms. The number of carbonyl (C=O) groups is 2. The number of aliphatic carboxylic acids is 1. The Morgan fingerprint density at radius 3 is 2.65 bits per heavy atom. The van der Waals surface area contributed by atoms with Crippen molar-refractivity contribution in [2.75, 3.05) is 20.2 Å². The maximum Gasteiger partial charge on any atom is 0.310 e. The molecule has 1 heterocycles. The fourth-order valence-corrected chi connectivity index (χ4v) is 1.59. The van der Waals surface area contributed by atoms with Gasteiger partial charge in [0, 0.05) is 20.2 Å². The standard InChI is InChI=1S/C11H20N2O4/c1-11(2,10(15)16)6-13-9(14)8-4-7(17-3)5-12-8/h7-8,12H,4-6H2,1-3H3,(H,13,14)(H,15,16). The van der Waals surface area contributed by atoms with Gasteiger partial charge in [0.2, 0.25) is 5.91 Å². The van der Waals surface area contributed by atoms with Gasteiger partial charge in [0.05, 0.1) is 17.6 Å². The van der Waals surface area contributed by atoms with Gasteiger partial charge in [-0.15, -0.1) is 0 Å². The van der Waals surface area contributed by atoms with Crippen molar-refractivity contribution in [1.82, 2.24) is 10.6 Å². The summed E-state index contributed by atoms with van der Waals surface area (Å²) in [5, 5.41) is 14.6. The minimum absolute atomic E-state index is 0.0539.